The van der Waals surface area contributed by atoms with Crippen molar-refractivity contribution >= 4 is 17.6 Å². The Balaban J connectivity index is 1.78. The Morgan fingerprint density at radius 1 is 1.35 bits per heavy atom. The number of unbranched alkanes of at least 4 members (excludes halogenated alkanes) is 1. The fraction of sp³-hybridized carbons (Fsp3) is 0.611. The van der Waals surface area contributed by atoms with Gasteiger partial charge in [0.15, 0.2) is 0 Å². The van der Waals surface area contributed by atoms with Gasteiger partial charge in [-0.1, -0.05) is 31.0 Å². The second kappa shape index (κ2) is 9.14. The number of aliphatic carboxylic acids is 1. The van der Waals surface area contributed by atoms with E-state index in [2.05, 4.69) is 12.2 Å². The molecule has 1 aliphatic carbocycles. The van der Waals surface area contributed by atoms with E-state index in [-0.39, 0.29) is 5.92 Å². The van der Waals surface area contributed by atoms with Gasteiger partial charge in [0.2, 0.25) is 0 Å². The lowest BCUT2D eigenvalue weighted by molar-refractivity contribution is -0.142. The van der Waals surface area contributed by atoms with Crippen LogP contribution >= 0.6 is 11.6 Å². The molecule has 5 heteroatoms. The summed E-state index contributed by atoms with van der Waals surface area (Å²) in [5.74, 6) is -0.0817. The lowest BCUT2D eigenvalue weighted by atomic mass is 9.86. The molecule has 0 amide bonds. The van der Waals surface area contributed by atoms with Crippen molar-refractivity contribution in [1.29, 1.82) is 0 Å². The second-order valence-corrected chi connectivity index (χ2v) is 6.64. The molecule has 4 nitrogen and oxygen atoms in total. The zero-order valence-corrected chi connectivity index (χ0v) is 14.4. The van der Waals surface area contributed by atoms with E-state index in [0.29, 0.717) is 17.7 Å². The van der Waals surface area contributed by atoms with Crippen molar-refractivity contribution in [1.82, 2.24) is 5.32 Å². The van der Waals surface area contributed by atoms with Gasteiger partial charge in [-0.3, -0.25) is 4.79 Å². The first-order valence-electron chi connectivity index (χ1n) is 8.47. The van der Waals surface area contributed by atoms with Crippen molar-refractivity contribution in [3.05, 3.63) is 28.8 Å². The summed E-state index contributed by atoms with van der Waals surface area (Å²) in [6.07, 6.45) is 5.49. The van der Waals surface area contributed by atoms with Gasteiger partial charge in [0.1, 0.15) is 5.75 Å². The summed E-state index contributed by atoms with van der Waals surface area (Å²) in [6.45, 7) is 3.57. The molecular formula is C18H26ClNO3. The maximum absolute atomic E-state index is 11.0. The molecule has 0 heterocycles. The SMILES string of the molecule is CCCCOc1ccc(CNC2CCC(C(=O)O)CC2)cc1Cl. The van der Waals surface area contributed by atoms with E-state index in [1.807, 2.05) is 18.2 Å². The van der Waals surface area contributed by atoms with Crippen molar-refractivity contribution < 1.29 is 14.6 Å². The third-order valence-corrected chi connectivity index (χ3v) is 4.72. The number of ether oxygens (including phenoxy) is 1. The Kier molecular flexibility index (Phi) is 7.18. The van der Waals surface area contributed by atoms with Crippen LogP contribution in [-0.2, 0) is 11.3 Å². The largest absolute Gasteiger partial charge is 0.492 e. The molecule has 1 aliphatic rings. The van der Waals surface area contributed by atoms with Crippen LogP contribution in [0.25, 0.3) is 0 Å². The number of carboxylic acids is 1. The van der Waals surface area contributed by atoms with Gasteiger partial charge < -0.3 is 15.2 Å². The normalized spacial score (nSPS) is 21.1. The van der Waals surface area contributed by atoms with Crippen molar-refractivity contribution in [2.75, 3.05) is 6.61 Å². The van der Waals surface area contributed by atoms with E-state index in [1.54, 1.807) is 0 Å². The monoisotopic (exact) mass is 339 g/mol. The molecule has 0 radical (unpaired) electrons. The van der Waals surface area contributed by atoms with Crippen LogP contribution in [0, 0.1) is 5.92 Å². The topological polar surface area (TPSA) is 58.6 Å². The first-order chi connectivity index (χ1) is 11.1. The Hall–Kier alpha value is -1.26. The van der Waals surface area contributed by atoms with E-state index in [1.165, 1.54) is 0 Å². The summed E-state index contributed by atoms with van der Waals surface area (Å²) in [6, 6.07) is 6.29. The fourth-order valence-corrected chi connectivity index (χ4v) is 3.16. The number of carboxylic acid groups (broad SMARTS) is 1. The maximum Gasteiger partial charge on any atom is 0.306 e. The lowest BCUT2D eigenvalue weighted by Gasteiger charge is -2.27. The van der Waals surface area contributed by atoms with Crippen molar-refractivity contribution in [2.24, 2.45) is 5.92 Å². The van der Waals surface area contributed by atoms with Crippen LogP contribution in [0.2, 0.25) is 5.02 Å². The van der Waals surface area contributed by atoms with Crippen LogP contribution in [0.15, 0.2) is 18.2 Å². The molecule has 128 valence electrons. The minimum absolute atomic E-state index is 0.165. The van der Waals surface area contributed by atoms with Gasteiger partial charge in [0, 0.05) is 12.6 Å². The van der Waals surface area contributed by atoms with Crippen molar-refractivity contribution in [3.8, 4) is 5.75 Å². The number of hydrogen-bond donors (Lipinski definition) is 2. The standard InChI is InChI=1S/C18H26ClNO3/c1-2-3-10-23-17-9-4-13(11-16(17)19)12-20-15-7-5-14(6-8-15)18(21)22/h4,9,11,14-15,20H,2-3,5-8,10,12H2,1H3,(H,21,22). The van der Waals surface area contributed by atoms with Crippen LogP contribution in [0.4, 0.5) is 0 Å². The van der Waals surface area contributed by atoms with Crippen LogP contribution in [0.5, 0.6) is 5.75 Å². The average Bonchev–Trinajstić information content (AvgIpc) is 2.55. The zero-order valence-electron chi connectivity index (χ0n) is 13.7. The summed E-state index contributed by atoms with van der Waals surface area (Å²) in [5.41, 5.74) is 1.12. The number of nitrogens with one attached hydrogen (secondary N) is 1. The highest BCUT2D eigenvalue weighted by Crippen LogP contribution is 2.27. The number of rotatable bonds is 8. The Morgan fingerprint density at radius 3 is 2.70 bits per heavy atom. The molecule has 0 spiro atoms. The second-order valence-electron chi connectivity index (χ2n) is 6.23. The summed E-state index contributed by atoms with van der Waals surface area (Å²) >= 11 is 6.27. The Morgan fingerprint density at radius 2 is 2.09 bits per heavy atom. The number of carbonyl (C=O) groups is 1. The van der Waals surface area contributed by atoms with Gasteiger partial charge in [-0.25, -0.2) is 0 Å². The quantitative estimate of drug-likeness (QED) is 0.695. The molecule has 23 heavy (non-hydrogen) atoms. The van der Waals surface area contributed by atoms with E-state index in [9.17, 15) is 4.79 Å². The van der Waals surface area contributed by atoms with Gasteiger partial charge in [0.05, 0.1) is 17.5 Å². The summed E-state index contributed by atoms with van der Waals surface area (Å²) in [7, 11) is 0. The zero-order chi connectivity index (χ0) is 16.7. The summed E-state index contributed by atoms with van der Waals surface area (Å²) in [4.78, 5) is 11.0. The molecule has 1 aromatic carbocycles. The number of benzene rings is 1. The fourth-order valence-electron chi connectivity index (χ4n) is 2.90. The molecule has 0 bridgehead atoms. The molecule has 1 aromatic rings. The molecule has 0 aliphatic heterocycles. The molecule has 0 saturated heterocycles. The van der Waals surface area contributed by atoms with E-state index in [4.69, 9.17) is 21.4 Å². The number of hydrogen-bond acceptors (Lipinski definition) is 3. The third kappa shape index (κ3) is 5.70. The van der Waals surface area contributed by atoms with Crippen molar-refractivity contribution in [3.63, 3.8) is 0 Å². The highest BCUT2D eigenvalue weighted by atomic mass is 35.5. The van der Waals surface area contributed by atoms with Crippen LogP contribution in [-0.4, -0.2) is 23.7 Å². The molecule has 0 unspecified atom stereocenters. The summed E-state index contributed by atoms with van der Waals surface area (Å²) < 4.78 is 5.65. The lowest BCUT2D eigenvalue weighted by Crippen LogP contribution is -2.34. The van der Waals surface area contributed by atoms with Gasteiger partial charge in [-0.05, 0) is 49.8 Å². The highest BCUT2D eigenvalue weighted by molar-refractivity contribution is 6.32. The van der Waals surface area contributed by atoms with Crippen LogP contribution in [0.3, 0.4) is 0 Å². The predicted molar refractivity (Wildman–Crippen MR) is 92.1 cm³/mol. The number of halogens is 1. The highest BCUT2D eigenvalue weighted by Gasteiger charge is 2.25. The predicted octanol–water partition coefficient (Wildman–Crippen LogP) is 4.25. The average molecular weight is 340 g/mol. The first kappa shape index (κ1) is 18.1. The molecular weight excluding hydrogens is 314 g/mol. The molecule has 0 atom stereocenters. The first-order valence-corrected chi connectivity index (χ1v) is 8.85. The van der Waals surface area contributed by atoms with Crippen LogP contribution in [0.1, 0.15) is 51.0 Å². The van der Waals surface area contributed by atoms with Gasteiger partial charge >= 0.3 is 5.97 Å². The van der Waals surface area contributed by atoms with Gasteiger partial charge in [0.25, 0.3) is 0 Å². The van der Waals surface area contributed by atoms with E-state index >= 15 is 0 Å². The Labute approximate surface area is 143 Å². The van der Waals surface area contributed by atoms with Crippen LogP contribution < -0.4 is 10.1 Å². The van der Waals surface area contributed by atoms with Gasteiger partial charge in [-0.2, -0.15) is 0 Å². The smallest absolute Gasteiger partial charge is 0.306 e. The third-order valence-electron chi connectivity index (χ3n) is 4.42. The van der Waals surface area contributed by atoms with Crippen molar-refractivity contribution in [2.45, 2.75) is 58.0 Å². The molecule has 2 N–H and O–H groups in total. The minimum Gasteiger partial charge on any atom is -0.492 e. The maximum atomic E-state index is 11.0. The molecule has 1 fully saturated rings. The molecule has 2 rings (SSSR count). The summed E-state index contributed by atoms with van der Waals surface area (Å²) in [5, 5.41) is 13.2. The molecule has 0 aromatic heterocycles. The minimum atomic E-state index is -0.658. The Bertz CT molecular complexity index is 513. The van der Waals surface area contributed by atoms with E-state index < -0.39 is 5.97 Å². The van der Waals surface area contributed by atoms with E-state index in [0.717, 1.165) is 56.4 Å². The van der Waals surface area contributed by atoms with Gasteiger partial charge in [-0.15, -0.1) is 0 Å². The molecule has 1 saturated carbocycles.